The van der Waals surface area contributed by atoms with Gasteiger partial charge in [-0.2, -0.15) is 5.10 Å². The third-order valence-electron chi connectivity index (χ3n) is 3.31. The fraction of sp³-hybridized carbons (Fsp3) is 0.267. The van der Waals surface area contributed by atoms with Crippen LogP contribution in [0.15, 0.2) is 29.6 Å². The number of rotatable bonds is 5. The van der Waals surface area contributed by atoms with E-state index >= 15 is 0 Å². The fourth-order valence-corrected chi connectivity index (χ4v) is 2.95. The summed E-state index contributed by atoms with van der Waals surface area (Å²) in [4.78, 5) is 18.9. The molecule has 1 N–H and O–H groups in total. The minimum atomic E-state index is -0.991. The molecule has 3 rings (SSSR count). The van der Waals surface area contributed by atoms with E-state index in [2.05, 4.69) is 10.1 Å². The van der Waals surface area contributed by atoms with Gasteiger partial charge in [-0.3, -0.25) is 0 Å². The molecule has 114 valence electrons. The van der Waals surface area contributed by atoms with Crippen molar-refractivity contribution in [1.29, 1.82) is 0 Å². The Bertz CT molecular complexity index is 808. The van der Waals surface area contributed by atoms with E-state index in [0.29, 0.717) is 17.9 Å². The van der Waals surface area contributed by atoms with Gasteiger partial charge in [0, 0.05) is 13.0 Å². The molecular formula is C15H16N4O2S. The molecule has 6 nitrogen and oxygen atoms in total. The SMILES string of the molecule is CN(C)CCc1nc2c(C(=O)O)ccc(-c3cccs3)n2n1. The monoisotopic (exact) mass is 316 g/mol. The van der Waals surface area contributed by atoms with Crippen LogP contribution in [0.4, 0.5) is 0 Å². The number of thiophene rings is 1. The molecule has 0 aliphatic carbocycles. The first-order chi connectivity index (χ1) is 10.6. The van der Waals surface area contributed by atoms with Crippen molar-refractivity contribution < 1.29 is 9.90 Å². The Labute approximate surface area is 131 Å². The van der Waals surface area contributed by atoms with E-state index in [1.54, 1.807) is 28.0 Å². The van der Waals surface area contributed by atoms with Crippen molar-refractivity contribution in [3.63, 3.8) is 0 Å². The zero-order chi connectivity index (χ0) is 15.7. The summed E-state index contributed by atoms with van der Waals surface area (Å²) >= 11 is 1.59. The number of carboxylic acid groups (broad SMARTS) is 1. The van der Waals surface area contributed by atoms with Gasteiger partial charge in [-0.25, -0.2) is 14.3 Å². The fourth-order valence-electron chi connectivity index (χ4n) is 2.21. The Balaban J connectivity index is 2.14. The van der Waals surface area contributed by atoms with Gasteiger partial charge in [0.15, 0.2) is 11.5 Å². The maximum Gasteiger partial charge on any atom is 0.339 e. The number of aromatic carboxylic acids is 1. The molecule has 0 unspecified atom stereocenters. The second kappa shape index (κ2) is 5.86. The van der Waals surface area contributed by atoms with Crippen molar-refractivity contribution in [2.75, 3.05) is 20.6 Å². The smallest absolute Gasteiger partial charge is 0.339 e. The lowest BCUT2D eigenvalue weighted by molar-refractivity contribution is 0.0698. The first kappa shape index (κ1) is 14.7. The number of aromatic nitrogens is 3. The maximum atomic E-state index is 11.4. The molecule has 0 aliphatic heterocycles. The lowest BCUT2D eigenvalue weighted by Crippen LogP contribution is -2.15. The van der Waals surface area contributed by atoms with Gasteiger partial charge >= 0.3 is 5.97 Å². The Morgan fingerprint density at radius 2 is 2.18 bits per heavy atom. The number of pyridine rings is 1. The highest BCUT2D eigenvalue weighted by atomic mass is 32.1. The number of nitrogens with zero attached hydrogens (tertiary/aromatic N) is 4. The van der Waals surface area contributed by atoms with E-state index in [1.165, 1.54) is 0 Å². The number of fused-ring (bicyclic) bond motifs is 1. The van der Waals surface area contributed by atoms with Crippen LogP contribution in [0, 0.1) is 0 Å². The molecule has 7 heteroatoms. The lowest BCUT2D eigenvalue weighted by Gasteiger charge is -2.05. The van der Waals surface area contributed by atoms with Crippen LogP contribution < -0.4 is 0 Å². The summed E-state index contributed by atoms with van der Waals surface area (Å²) in [7, 11) is 3.96. The second-order valence-corrected chi connectivity index (χ2v) is 6.18. The summed E-state index contributed by atoms with van der Waals surface area (Å²) in [5, 5.41) is 15.8. The Kier molecular flexibility index (Phi) is 3.91. The van der Waals surface area contributed by atoms with Crippen molar-refractivity contribution in [2.45, 2.75) is 6.42 Å². The van der Waals surface area contributed by atoms with Crippen molar-refractivity contribution >= 4 is 23.0 Å². The molecule has 0 saturated carbocycles. The number of carbonyl (C=O) groups is 1. The first-order valence-electron chi connectivity index (χ1n) is 6.87. The van der Waals surface area contributed by atoms with Gasteiger partial charge in [-0.05, 0) is 37.7 Å². The zero-order valence-electron chi connectivity index (χ0n) is 12.4. The molecule has 0 bridgehead atoms. The normalized spacial score (nSPS) is 11.4. The van der Waals surface area contributed by atoms with Crippen LogP contribution in [0.1, 0.15) is 16.2 Å². The standard InChI is InChI=1S/C15H16N4O2S/c1-18(2)8-7-13-16-14-10(15(20)21)5-6-11(19(14)17-13)12-4-3-9-22-12/h3-6,9H,7-8H2,1-2H3,(H,20,21). The highest BCUT2D eigenvalue weighted by Gasteiger charge is 2.17. The van der Waals surface area contributed by atoms with E-state index < -0.39 is 5.97 Å². The van der Waals surface area contributed by atoms with Gasteiger partial charge in [0.05, 0.1) is 10.6 Å². The van der Waals surface area contributed by atoms with Gasteiger partial charge in [-0.1, -0.05) is 6.07 Å². The van der Waals surface area contributed by atoms with Crippen LogP contribution in [0.25, 0.3) is 16.2 Å². The summed E-state index contributed by atoms with van der Waals surface area (Å²) < 4.78 is 1.64. The van der Waals surface area contributed by atoms with Crippen molar-refractivity contribution in [3.05, 3.63) is 41.0 Å². The molecule has 3 heterocycles. The van der Waals surface area contributed by atoms with E-state index in [1.807, 2.05) is 36.5 Å². The van der Waals surface area contributed by atoms with Crippen molar-refractivity contribution in [2.24, 2.45) is 0 Å². The molecule has 0 spiro atoms. The van der Waals surface area contributed by atoms with Crippen LogP contribution in [0.3, 0.4) is 0 Å². The first-order valence-corrected chi connectivity index (χ1v) is 7.75. The molecule has 0 aliphatic rings. The lowest BCUT2D eigenvalue weighted by atomic mass is 10.2. The van der Waals surface area contributed by atoms with E-state index in [9.17, 15) is 9.90 Å². The average molecular weight is 316 g/mol. The molecule has 0 aromatic carbocycles. The molecular weight excluding hydrogens is 300 g/mol. The van der Waals surface area contributed by atoms with Gasteiger partial charge in [0.1, 0.15) is 5.56 Å². The third-order valence-corrected chi connectivity index (χ3v) is 4.21. The van der Waals surface area contributed by atoms with Crippen LogP contribution in [0.5, 0.6) is 0 Å². The Morgan fingerprint density at radius 1 is 1.36 bits per heavy atom. The zero-order valence-corrected chi connectivity index (χ0v) is 13.2. The summed E-state index contributed by atoms with van der Waals surface area (Å²) in [6, 6.07) is 7.33. The topological polar surface area (TPSA) is 70.7 Å². The number of likely N-dealkylation sites (N-methyl/N-ethyl adjacent to an activating group) is 1. The highest BCUT2D eigenvalue weighted by Crippen LogP contribution is 2.26. The summed E-state index contributed by atoms with van der Waals surface area (Å²) in [5.74, 6) is -0.338. The highest BCUT2D eigenvalue weighted by molar-refractivity contribution is 7.13. The van der Waals surface area contributed by atoms with Crippen LogP contribution in [-0.2, 0) is 6.42 Å². The molecule has 0 radical (unpaired) electrons. The van der Waals surface area contributed by atoms with Gasteiger partial charge < -0.3 is 10.0 Å². The second-order valence-electron chi connectivity index (χ2n) is 5.23. The molecule has 3 aromatic rings. The van der Waals surface area contributed by atoms with Crippen molar-refractivity contribution in [3.8, 4) is 10.6 Å². The molecule has 0 fully saturated rings. The molecule has 0 saturated heterocycles. The van der Waals surface area contributed by atoms with Crippen LogP contribution in [0.2, 0.25) is 0 Å². The largest absolute Gasteiger partial charge is 0.478 e. The van der Waals surface area contributed by atoms with Crippen LogP contribution in [-0.4, -0.2) is 51.2 Å². The average Bonchev–Trinajstić information content (AvgIpc) is 3.12. The van der Waals surface area contributed by atoms with E-state index in [-0.39, 0.29) is 5.56 Å². The summed E-state index contributed by atoms with van der Waals surface area (Å²) in [5.41, 5.74) is 1.43. The predicted octanol–water partition coefficient (Wildman–Crippen LogP) is 2.26. The van der Waals surface area contributed by atoms with Gasteiger partial charge in [0.25, 0.3) is 0 Å². The Hall–Kier alpha value is -2.25. The maximum absolute atomic E-state index is 11.4. The molecule has 0 amide bonds. The number of carboxylic acids is 1. The third kappa shape index (κ3) is 2.72. The molecule has 22 heavy (non-hydrogen) atoms. The van der Waals surface area contributed by atoms with Crippen molar-refractivity contribution in [1.82, 2.24) is 19.5 Å². The molecule has 3 aromatic heterocycles. The van der Waals surface area contributed by atoms with E-state index in [0.717, 1.165) is 17.1 Å². The minimum absolute atomic E-state index is 0.170. The van der Waals surface area contributed by atoms with Gasteiger partial charge in [-0.15, -0.1) is 11.3 Å². The van der Waals surface area contributed by atoms with Gasteiger partial charge in [0.2, 0.25) is 0 Å². The number of hydrogen-bond donors (Lipinski definition) is 1. The van der Waals surface area contributed by atoms with Crippen LogP contribution >= 0.6 is 11.3 Å². The predicted molar refractivity (Wildman–Crippen MR) is 85.5 cm³/mol. The number of hydrogen-bond acceptors (Lipinski definition) is 5. The minimum Gasteiger partial charge on any atom is -0.478 e. The quantitative estimate of drug-likeness (QED) is 0.782. The molecule has 0 atom stereocenters. The Morgan fingerprint density at radius 3 is 2.82 bits per heavy atom. The summed E-state index contributed by atoms with van der Waals surface area (Å²) in [6.45, 7) is 0.813. The van der Waals surface area contributed by atoms with E-state index in [4.69, 9.17) is 0 Å². The summed E-state index contributed by atoms with van der Waals surface area (Å²) in [6.07, 6.45) is 0.678.